The molecule has 146 valence electrons. The molecule has 0 saturated heterocycles. The maximum atomic E-state index is 12.1. The largest absolute Gasteiger partial charge is 0.484 e. The van der Waals surface area contributed by atoms with E-state index in [1.165, 1.54) is 11.8 Å². The van der Waals surface area contributed by atoms with Crippen molar-refractivity contribution in [3.8, 4) is 5.75 Å². The van der Waals surface area contributed by atoms with E-state index in [9.17, 15) is 4.79 Å². The molecule has 3 aromatic rings. The van der Waals surface area contributed by atoms with Gasteiger partial charge in [0.15, 0.2) is 11.0 Å². The highest BCUT2D eigenvalue weighted by Crippen LogP contribution is 2.39. The van der Waals surface area contributed by atoms with Crippen LogP contribution in [0.15, 0.2) is 52.2 Å². The zero-order valence-electron chi connectivity index (χ0n) is 15.0. The summed E-state index contributed by atoms with van der Waals surface area (Å²) < 4.78 is 13.1. The van der Waals surface area contributed by atoms with Gasteiger partial charge >= 0.3 is 0 Å². The van der Waals surface area contributed by atoms with Crippen molar-refractivity contribution in [1.82, 2.24) is 20.1 Å². The highest BCUT2D eigenvalue weighted by atomic mass is 35.5. The Hall–Kier alpha value is -2.45. The molecule has 0 spiro atoms. The molecule has 9 heteroatoms. The minimum atomic E-state index is -0.0828. The maximum Gasteiger partial charge on any atom is 0.230 e. The number of halogens is 1. The number of hydrogen-bond acceptors (Lipinski definition) is 6. The molecule has 1 N–H and O–H groups in total. The third-order valence-corrected chi connectivity index (χ3v) is 5.47. The van der Waals surface area contributed by atoms with Gasteiger partial charge in [-0.25, -0.2) is 0 Å². The molecule has 0 bridgehead atoms. The van der Waals surface area contributed by atoms with E-state index in [0.29, 0.717) is 23.4 Å². The van der Waals surface area contributed by atoms with Crippen molar-refractivity contribution in [1.29, 1.82) is 0 Å². The summed E-state index contributed by atoms with van der Waals surface area (Å²) in [6, 6.07) is 11.3. The van der Waals surface area contributed by atoms with E-state index in [0.717, 1.165) is 29.6 Å². The summed E-state index contributed by atoms with van der Waals surface area (Å²) in [5.41, 5.74) is 0. The van der Waals surface area contributed by atoms with Crippen LogP contribution in [-0.2, 0) is 17.9 Å². The Morgan fingerprint density at radius 2 is 2.14 bits per heavy atom. The van der Waals surface area contributed by atoms with Gasteiger partial charge in [-0.2, -0.15) is 0 Å². The van der Waals surface area contributed by atoms with Gasteiger partial charge in [0.25, 0.3) is 0 Å². The van der Waals surface area contributed by atoms with Crippen LogP contribution >= 0.6 is 23.4 Å². The number of benzene rings is 1. The van der Waals surface area contributed by atoms with Crippen LogP contribution in [0.25, 0.3) is 0 Å². The summed E-state index contributed by atoms with van der Waals surface area (Å²) in [6.45, 7) is 0.650. The quantitative estimate of drug-likeness (QED) is 0.531. The molecule has 1 aliphatic rings. The van der Waals surface area contributed by atoms with Gasteiger partial charge in [-0.05, 0) is 37.1 Å². The third-order valence-electron chi connectivity index (χ3n) is 4.21. The number of furan rings is 1. The second-order valence-electron chi connectivity index (χ2n) is 6.36. The van der Waals surface area contributed by atoms with Crippen LogP contribution in [0.1, 0.15) is 30.5 Å². The minimum Gasteiger partial charge on any atom is -0.484 e. The first-order valence-electron chi connectivity index (χ1n) is 8.93. The monoisotopic (exact) mass is 418 g/mol. The molecule has 0 atom stereocenters. The number of carbonyl (C=O) groups excluding carboxylic acids is 1. The number of para-hydroxylation sites is 1. The summed E-state index contributed by atoms with van der Waals surface area (Å²) in [7, 11) is 0. The van der Waals surface area contributed by atoms with Crippen molar-refractivity contribution in [2.45, 2.75) is 37.2 Å². The summed E-state index contributed by atoms with van der Waals surface area (Å²) in [6.07, 6.45) is 3.74. The Balaban J connectivity index is 1.35. The van der Waals surface area contributed by atoms with Crippen molar-refractivity contribution < 1.29 is 13.9 Å². The molecule has 1 aliphatic carbocycles. The average molecular weight is 419 g/mol. The summed E-state index contributed by atoms with van der Waals surface area (Å²) in [5.74, 6) is 2.25. The van der Waals surface area contributed by atoms with Crippen LogP contribution in [0.3, 0.4) is 0 Å². The number of amides is 1. The Morgan fingerprint density at radius 1 is 1.29 bits per heavy atom. The molecule has 0 unspecified atom stereocenters. The maximum absolute atomic E-state index is 12.1. The van der Waals surface area contributed by atoms with Gasteiger partial charge in [-0.1, -0.05) is 35.5 Å². The Morgan fingerprint density at radius 3 is 2.89 bits per heavy atom. The number of hydrogen-bond donors (Lipinski definition) is 1. The number of ether oxygens (including phenoxy) is 1. The molecule has 7 nitrogen and oxygen atoms in total. The smallest absolute Gasteiger partial charge is 0.230 e. The molecule has 1 fully saturated rings. The number of rotatable bonds is 9. The fourth-order valence-electron chi connectivity index (χ4n) is 2.69. The van der Waals surface area contributed by atoms with Crippen LogP contribution in [0, 0.1) is 0 Å². The van der Waals surface area contributed by atoms with Crippen LogP contribution in [0.4, 0.5) is 0 Å². The van der Waals surface area contributed by atoms with Gasteiger partial charge in [0, 0.05) is 6.04 Å². The highest BCUT2D eigenvalue weighted by molar-refractivity contribution is 7.99. The predicted octanol–water partition coefficient (Wildman–Crippen LogP) is 3.85. The van der Waals surface area contributed by atoms with Crippen LogP contribution in [-0.4, -0.2) is 26.4 Å². The number of aromatic nitrogens is 3. The lowest BCUT2D eigenvalue weighted by atomic mass is 10.3. The molecular weight excluding hydrogens is 400 g/mol. The van der Waals surface area contributed by atoms with Crippen LogP contribution in [0.2, 0.25) is 5.02 Å². The van der Waals surface area contributed by atoms with E-state index in [4.69, 9.17) is 20.8 Å². The normalized spacial score (nSPS) is 13.5. The van der Waals surface area contributed by atoms with E-state index in [-0.39, 0.29) is 18.3 Å². The van der Waals surface area contributed by atoms with Crippen molar-refractivity contribution in [2.24, 2.45) is 0 Å². The Bertz CT molecular complexity index is 941. The first-order chi connectivity index (χ1) is 13.7. The second kappa shape index (κ2) is 8.70. The SMILES string of the molecule is O=C(CSc1nnc(COc2ccccc2Cl)n1C1CC1)NCc1ccco1. The Labute approximate surface area is 171 Å². The topological polar surface area (TPSA) is 82.2 Å². The van der Waals surface area contributed by atoms with Gasteiger partial charge < -0.3 is 14.5 Å². The number of thioether (sulfide) groups is 1. The van der Waals surface area contributed by atoms with E-state index >= 15 is 0 Å². The van der Waals surface area contributed by atoms with Crippen LogP contribution < -0.4 is 10.1 Å². The zero-order chi connectivity index (χ0) is 19.3. The second-order valence-corrected chi connectivity index (χ2v) is 7.71. The van der Waals surface area contributed by atoms with E-state index < -0.39 is 0 Å². The van der Waals surface area contributed by atoms with Crippen LogP contribution in [0.5, 0.6) is 5.75 Å². The Kier molecular flexibility index (Phi) is 5.87. The molecule has 2 aromatic heterocycles. The molecule has 4 rings (SSSR count). The highest BCUT2D eigenvalue weighted by Gasteiger charge is 2.30. The molecule has 2 heterocycles. The van der Waals surface area contributed by atoms with Crippen molar-refractivity contribution >= 4 is 29.3 Å². The van der Waals surface area contributed by atoms with Gasteiger partial charge in [0.1, 0.15) is 18.1 Å². The lowest BCUT2D eigenvalue weighted by molar-refractivity contribution is -0.118. The molecular formula is C19H19ClN4O3S. The van der Waals surface area contributed by atoms with Gasteiger partial charge in [-0.15, -0.1) is 10.2 Å². The van der Waals surface area contributed by atoms with Crippen molar-refractivity contribution in [2.75, 3.05) is 5.75 Å². The first kappa shape index (κ1) is 18.9. The molecule has 1 amide bonds. The lowest BCUT2D eigenvalue weighted by Gasteiger charge is -2.10. The molecule has 1 aromatic carbocycles. The minimum absolute atomic E-state index is 0.0828. The van der Waals surface area contributed by atoms with Gasteiger partial charge in [0.2, 0.25) is 5.91 Å². The third kappa shape index (κ3) is 4.69. The molecule has 0 radical (unpaired) electrons. The molecule has 0 aliphatic heterocycles. The predicted molar refractivity (Wildman–Crippen MR) is 105 cm³/mol. The summed E-state index contributed by atoms with van der Waals surface area (Å²) >= 11 is 7.51. The van der Waals surface area contributed by atoms with Gasteiger partial charge in [-0.3, -0.25) is 9.36 Å². The standard InChI is InChI=1S/C19H19ClN4O3S/c20-15-5-1-2-6-16(15)27-11-17-22-23-19(24(17)13-7-8-13)28-12-18(25)21-10-14-4-3-9-26-14/h1-6,9,13H,7-8,10-12H2,(H,21,25). The number of nitrogens with one attached hydrogen (secondary N) is 1. The van der Waals surface area contributed by atoms with E-state index in [1.807, 2.05) is 24.3 Å². The van der Waals surface area contributed by atoms with Crippen molar-refractivity contribution in [3.05, 3.63) is 59.3 Å². The average Bonchev–Trinajstić information content (AvgIpc) is 3.24. The fraction of sp³-hybridized carbons (Fsp3) is 0.316. The summed E-state index contributed by atoms with van der Waals surface area (Å²) in [4.78, 5) is 12.1. The first-order valence-corrected chi connectivity index (χ1v) is 10.3. The van der Waals surface area contributed by atoms with E-state index in [2.05, 4.69) is 20.1 Å². The lowest BCUT2D eigenvalue weighted by Crippen LogP contribution is -2.24. The zero-order valence-corrected chi connectivity index (χ0v) is 16.6. The number of nitrogens with zero attached hydrogens (tertiary/aromatic N) is 3. The fourth-order valence-corrected chi connectivity index (χ4v) is 3.73. The summed E-state index contributed by atoms with van der Waals surface area (Å²) in [5, 5.41) is 12.6. The van der Waals surface area contributed by atoms with Gasteiger partial charge in [0.05, 0.1) is 23.6 Å². The number of carbonyl (C=O) groups is 1. The van der Waals surface area contributed by atoms with Crippen molar-refractivity contribution in [3.63, 3.8) is 0 Å². The molecule has 1 saturated carbocycles. The molecule has 28 heavy (non-hydrogen) atoms. The van der Waals surface area contributed by atoms with E-state index in [1.54, 1.807) is 18.4 Å².